The molecule has 3 N–H and O–H groups in total. The first-order valence-corrected chi connectivity index (χ1v) is 8.06. The summed E-state index contributed by atoms with van der Waals surface area (Å²) < 4.78 is 4.75. The Morgan fingerprint density at radius 2 is 2.24 bits per heavy atom. The van der Waals surface area contributed by atoms with Gasteiger partial charge >= 0.3 is 5.97 Å². The second-order valence-corrected chi connectivity index (χ2v) is 5.65. The van der Waals surface area contributed by atoms with Crippen molar-refractivity contribution >= 4 is 22.8 Å². The van der Waals surface area contributed by atoms with Gasteiger partial charge in [0.05, 0.1) is 31.0 Å². The summed E-state index contributed by atoms with van der Waals surface area (Å²) in [5.41, 5.74) is 2.98. The van der Waals surface area contributed by atoms with Crippen molar-refractivity contribution in [1.82, 2.24) is 15.0 Å². The van der Waals surface area contributed by atoms with E-state index in [4.69, 9.17) is 4.74 Å². The molecule has 25 heavy (non-hydrogen) atoms. The van der Waals surface area contributed by atoms with Crippen LogP contribution >= 0.6 is 0 Å². The molecular weight excluding hydrogens is 320 g/mol. The van der Waals surface area contributed by atoms with E-state index in [0.29, 0.717) is 11.5 Å². The van der Waals surface area contributed by atoms with Crippen LogP contribution < -0.4 is 5.32 Å². The van der Waals surface area contributed by atoms with Crippen LogP contribution in [0.25, 0.3) is 22.2 Å². The van der Waals surface area contributed by atoms with Crippen molar-refractivity contribution < 1.29 is 14.6 Å². The van der Waals surface area contributed by atoms with Gasteiger partial charge in [0.1, 0.15) is 0 Å². The van der Waals surface area contributed by atoms with Crippen molar-refractivity contribution in [2.75, 3.05) is 19.0 Å². The SMILES string of the molecule is CC[C@@H](CO)Nc1nccc(-c2c[nH]c3cc(C(=O)OC)ccc23)n1. The lowest BCUT2D eigenvalue weighted by Crippen LogP contribution is -2.23. The number of nitrogens with zero attached hydrogens (tertiary/aromatic N) is 2. The maximum absolute atomic E-state index is 11.7. The van der Waals surface area contributed by atoms with E-state index < -0.39 is 0 Å². The lowest BCUT2D eigenvalue weighted by atomic mass is 10.1. The Morgan fingerprint density at radius 3 is 2.96 bits per heavy atom. The van der Waals surface area contributed by atoms with Crippen LogP contribution in [0.4, 0.5) is 5.95 Å². The van der Waals surface area contributed by atoms with Crippen LogP contribution in [-0.2, 0) is 4.74 Å². The fraction of sp³-hybridized carbons (Fsp3) is 0.278. The number of fused-ring (bicyclic) bond motifs is 1. The zero-order valence-corrected chi connectivity index (χ0v) is 14.1. The number of anilines is 1. The van der Waals surface area contributed by atoms with E-state index in [2.05, 4.69) is 20.3 Å². The third kappa shape index (κ3) is 3.46. The maximum Gasteiger partial charge on any atom is 0.337 e. The molecule has 0 aliphatic heterocycles. The fourth-order valence-corrected chi connectivity index (χ4v) is 2.62. The Morgan fingerprint density at radius 1 is 1.40 bits per heavy atom. The van der Waals surface area contributed by atoms with Crippen LogP contribution in [0.15, 0.2) is 36.7 Å². The van der Waals surface area contributed by atoms with E-state index >= 15 is 0 Å². The van der Waals surface area contributed by atoms with E-state index in [1.165, 1.54) is 7.11 Å². The number of aromatic nitrogens is 3. The van der Waals surface area contributed by atoms with Crippen molar-refractivity contribution in [2.24, 2.45) is 0 Å². The van der Waals surface area contributed by atoms with Crippen LogP contribution in [0.2, 0.25) is 0 Å². The van der Waals surface area contributed by atoms with Gasteiger partial charge in [-0.1, -0.05) is 13.0 Å². The molecule has 1 aromatic carbocycles. The molecule has 0 spiro atoms. The summed E-state index contributed by atoms with van der Waals surface area (Å²) in [5, 5.41) is 13.4. The number of ether oxygens (including phenoxy) is 1. The van der Waals surface area contributed by atoms with Gasteiger partial charge in [0.15, 0.2) is 0 Å². The van der Waals surface area contributed by atoms with E-state index in [9.17, 15) is 9.90 Å². The highest BCUT2D eigenvalue weighted by Gasteiger charge is 2.13. The monoisotopic (exact) mass is 340 g/mol. The minimum Gasteiger partial charge on any atom is -0.465 e. The van der Waals surface area contributed by atoms with Crippen molar-refractivity contribution in [1.29, 1.82) is 0 Å². The molecule has 3 aromatic rings. The molecule has 1 atom stereocenters. The predicted molar refractivity (Wildman–Crippen MR) is 95.5 cm³/mol. The number of aromatic amines is 1. The third-order valence-corrected chi connectivity index (χ3v) is 4.08. The summed E-state index contributed by atoms with van der Waals surface area (Å²) in [5.74, 6) is 0.0973. The number of methoxy groups -OCH3 is 1. The Labute approximate surface area is 145 Å². The molecule has 2 heterocycles. The molecule has 0 unspecified atom stereocenters. The molecule has 0 aliphatic carbocycles. The molecule has 0 bridgehead atoms. The normalized spacial score (nSPS) is 12.1. The van der Waals surface area contributed by atoms with Crippen LogP contribution in [0.5, 0.6) is 0 Å². The molecular formula is C18H20N4O3. The van der Waals surface area contributed by atoms with Crippen molar-refractivity contribution in [2.45, 2.75) is 19.4 Å². The van der Waals surface area contributed by atoms with Gasteiger partial charge in [-0.15, -0.1) is 0 Å². The Balaban J connectivity index is 1.95. The number of hydrogen-bond acceptors (Lipinski definition) is 6. The van der Waals surface area contributed by atoms with Crippen molar-refractivity contribution in [3.8, 4) is 11.3 Å². The highest BCUT2D eigenvalue weighted by atomic mass is 16.5. The average Bonchev–Trinajstić information content (AvgIpc) is 3.08. The molecule has 0 saturated carbocycles. The molecule has 7 heteroatoms. The average molecular weight is 340 g/mol. The van der Waals surface area contributed by atoms with Gasteiger partial charge < -0.3 is 20.1 Å². The quantitative estimate of drug-likeness (QED) is 0.596. The summed E-state index contributed by atoms with van der Waals surface area (Å²) in [6.07, 6.45) is 4.30. The van der Waals surface area contributed by atoms with Crippen LogP contribution in [0.3, 0.4) is 0 Å². The van der Waals surface area contributed by atoms with Gasteiger partial charge in [0.25, 0.3) is 0 Å². The third-order valence-electron chi connectivity index (χ3n) is 4.08. The van der Waals surface area contributed by atoms with Gasteiger partial charge in [0.2, 0.25) is 5.95 Å². The van der Waals surface area contributed by atoms with E-state index in [1.54, 1.807) is 18.3 Å². The first kappa shape index (κ1) is 16.9. The summed E-state index contributed by atoms with van der Waals surface area (Å²) in [4.78, 5) is 23.6. The molecule has 3 rings (SSSR count). The van der Waals surface area contributed by atoms with Gasteiger partial charge in [0, 0.05) is 28.9 Å². The Bertz CT molecular complexity index is 887. The van der Waals surface area contributed by atoms with E-state index in [1.807, 2.05) is 25.3 Å². The molecule has 130 valence electrons. The zero-order valence-electron chi connectivity index (χ0n) is 14.1. The van der Waals surface area contributed by atoms with Crippen LogP contribution in [0, 0.1) is 0 Å². The molecule has 0 saturated heterocycles. The van der Waals surface area contributed by atoms with Gasteiger partial charge in [-0.05, 0) is 24.6 Å². The van der Waals surface area contributed by atoms with Gasteiger partial charge in [-0.2, -0.15) is 0 Å². The summed E-state index contributed by atoms with van der Waals surface area (Å²) in [6.45, 7) is 2.00. The first-order chi connectivity index (χ1) is 12.2. The molecule has 7 nitrogen and oxygen atoms in total. The predicted octanol–water partition coefficient (Wildman–Crippen LogP) is 2.59. The number of benzene rings is 1. The number of rotatable bonds is 6. The first-order valence-electron chi connectivity index (χ1n) is 8.06. The van der Waals surface area contributed by atoms with Gasteiger partial charge in [-0.25, -0.2) is 14.8 Å². The summed E-state index contributed by atoms with van der Waals surface area (Å²) >= 11 is 0. The molecule has 0 radical (unpaired) electrons. The van der Waals surface area contributed by atoms with Crippen molar-refractivity contribution in [3.63, 3.8) is 0 Å². The highest BCUT2D eigenvalue weighted by molar-refractivity contribution is 5.99. The van der Waals surface area contributed by atoms with Crippen LogP contribution in [0.1, 0.15) is 23.7 Å². The lowest BCUT2D eigenvalue weighted by molar-refractivity contribution is 0.0601. The summed E-state index contributed by atoms with van der Waals surface area (Å²) in [7, 11) is 1.36. The van der Waals surface area contributed by atoms with Crippen LogP contribution in [-0.4, -0.2) is 45.8 Å². The fourth-order valence-electron chi connectivity index (χ4n) is 2.62. The molecule has 0 fully saturated rings. The smallest absolute Gasteiger partial charge is 0.337 e. The number of hydrogen-bond donors (Lipinski definition) is 3. The highest BCUT2D eigenvalue weighted by Crippen LogP contribution is 2.28. The number of carbonyl (C=O) groups excluding carboxylic acids is 1. The number of H-pyrrole nitrogens is 1. The number of nitrogens with one attached hydrogen (secondary N) is 2. The Kier molecular flexibility index (Phi) is 4.95. The van der Waals surface area contributed by atoms with Crippen molar-refractivity contribution in [3.05, 3.63) is 42.2 Å². The minimum atomic E-state index is -0.374. The molecule has 2 aromatic heterocycles. The second-order valence-electron chi connectivity index (χ2n) is 5.65. The standard InChI is InChI=1S/C18H20N4O3/c1-3-12(10-23)21-18-19-7-6-15(22-18)14-9-20-16-8-11(17(24)25-2)4-5-13(14)16/h4-9,12,20,23H,3,10H2,1-2H3,(H,19,21,22)/t12-/m0/s1. The molecule has 0 aliphatic rings. The maximum atomic E-state index is 11.7. The number of aliphatic hydroxyl groups excluding tert-OH is 1. The minimum absolute atomic E-state index is 0.0213. The van der Waals surface area contributed by atoms with Gasteiger partial charge in [-0.3, -0.25) is 0 Å². The lowest BCUT2D eigenvalue weighted by Gasteiger charge is -2.14. The summed E-state index contributed by atoms with van der Waals surface area (Å²) in [6, 6.07) is 7.09. The largest absolute Gasteiger partial charge is 0.465 e. The number of aliphatic hydroxyl groups is 1. The topological polar surface area (TPSA) is 100 Å². The Hall–Kier alpha value is -2.93. The number of carbonyl (C=O) groups is 1. The number of esters is 1. The molecule has 0 amide bonds. The zero-order chi connectivity index (χ0) is 17.8. The van der Waals surface area contributed by atoms with E-state index in [-0.39, 0.29) is 18.6 Å². The van der Waals surface area contributed by atoms with E-state index in [0.717, 1.165) is 28.6 Å². The second kappa shape index (κ2) is 7.31.